The smallest absolute Gasteiger partial charge is 0.188 e. The number of carbonyl (C=O) groups excluding carboxylic acids is 1. The lowest BCUT2D eigenvalue weighted by Gasteiger charge is -2.05. The number of rotatable bonds is 6. The van der Waals surface area contributed by atoms with Crippen LogP contribution in [0.15, 0.2) is 53.4 Å². The number of Topliss-reactive ketones (excluding diaryl/α,β-unsaturated/α-hetero) is 1. The molecule has 0 unspecified atom stereocenters. The zero-order chi connectivity index (χ0) is 14.4. The molecule has 0 spiro atoms. The molecule has 0 saturated carbocycles. The van der Waals surface area contributed by atoms with Crippen molar-refractivity contribution in [1.29, 1.82) is 0 Å². The molecule has 2 rings (SSSR count). The average Bonchev–Trinajstić information content (AvgIpc) is 2.49. The lowest BCUT2D eigenvalue weighted by atomic mass is 10.1. The first-order chi connectivity index (χ1) is 9.70. The van der Waals surface area contributed by atoms with Gasteiger partial charge in [0.15, 0.2) is 5.78 Å². The summed E-state index contributed by atoms with van der Waals surface area (Å²) < 4.78 is 18.6. The first-order valence-electron chi connectivity index (χ1n) is 6.19. The van der Waals surface area contributed by atoms with Crippen LogP contribution < -0.4 is 0 Å². The molecule has 2 aromatic carbocycles. The van der Waals surface area contributed by atoms with Crippen LogP contribution in [0.2, 0.25) is 0 Å². The van der Waals surface area contributed by atoms with Crippen molar-refractivity contribution in [3.8, 4) is 0 Å². The van der Waals surface area contributed by atoms with Crippen molar-refractivity contribution >= 4 is 17.5 Å². The van der Waals surface area contributed by atoms with Gasteiger partial charge in [-0.15, -0.1) is 11.8 Å². The van der Waals surface area contributed by atoms with E-state index in [1.165, 1.54) is 6.07 Å². The van der Waals surface area contributed by atoms with E-state index in [9.17, 15) is 9.18 Å². The van der Waals surface area contributed by atoms with E-state index in [1.807, 2.05) is 18.4 Å². The summed E-state index contributed by atoms with van der Waals surface area (Å²) in [5.74, 6) is -0.418. The molecule has 0 aromatic heterocycles. The third-order valence-electron chi connectivity index (χ3n) is 2.86. The second-order valence-electron chi connectivity index (χ2n) is 4.24. The molecular weight excluding hydrogens is 275 g/mol. The van der Waals surface area contributed by atoms with Gasteiger partial charge in [0, 0.05) is 16.0 Å². The Morgan fingerprint density at radius 1 is 1.15 bits per heavy atom. The van der Waals surface area contributed by atoms with E-state index in [2.05, 4.69) is 0 Å². The fraction of sp³-hybridized carbons (Fsp3) is 0.188. The van der Waals surface area contributed by atoms with E-state index in [0.29, 0.717) is 11.1 Å². The predicted molar refractivity (Wildman–Crippen MR) is 78.6 cm³/mol. The number of carbonyl (C=O) groups is 1. The van der Waals surface area contributed by atoms with Gasteiger partial charge in [-0.25, -0.2) is 4.39 Å². The van der Waals surface area contributed by atoms with Gasteiger partial charge in [0.1, 0.15) is 12.4 Å². The molecule has 0 fully saturated rings. The van der Waals surface area contributed by atoms with Gasteiger partial charge in [0.2, 0.25) is 0 Å². The van der Waals surface area contributed by atoms with Crippen LogP contribution in [0.25, 0.3) is 0 Å². The van der Waals surface area contributed by atoms with Crippen molar-refractivity contribution < 1.29 is 13.9 Å². The maximum atomic E-state index is 13.4. The summed E-state index contributed by atoms with van der Waals surface area (Å²) in [5, 5.41) is 0. The monoisotopic (exact) mass is 290 g/mol. The largest absolute Gasteiger partial charge is 0.369 e. The van der Waals surface area contributed by atoms with Crippen molar-refractivity contribution in [2.24, 2.45) is 0 Å². The molecular formula is C16H15FO2S. The van der Waals surface area contributed by atoms with Crippen LogP contribution >= 0.6 is 11.8 Å². The number of hydrogen-bond acceptors (Lipinski definition) is 3. The Balaban J connectivity index is 1.87. The van der Waals surface area contributed by atoms with Gasteiger partial charge in [-0.2, -0.15) is 0 Å². The van der Waals surface area contributed by atoms with Crippen LogP contribution in [0.5, 0.6) is 0 Å². The SMILES string of the molecule is CSc1ccc(C(=O)COCc2ccccc2F)cc1. The zero-order valence-electron chi connectivity index (χ0n) is 11.1. The maximum Gasteiger partial charge on any atom is 0.188 e. The summed E-state index contributed by atoms with van der Waals surface area (Å²) in [6, 6.07) is 13.7. The molecule has 0 aliphatic rings. The standard InChI is InChI=1S/C16H15FO2S/c1-20-14-8-6-12(7-9-14)16(18)11-19-10-13-4-2-3-5-15(13)17/h2-9H,10-11H2,1H3. The number of hydrogen-bond donors (Lipinski definition) is 0. The third kappa shape index (κ3) is 3.92. The quantitative estimate of drug-likeness (QED) is 0.595. The van der Waals surface area contributed by atoms with Crippen molar-refractivity contribution in [2.45, 2.75) is 11.5 Å². The Morgan fingerprint density at radius 2 is 1.85 bits per heavy atom. The van der Waals surface area contributed by atoms with Gasteiger partial charge >= 0.3 is 0 Å². The topological polar surface area (TPSA) is 26.3 Å². The molecule has 2 aromatic rings. The van der Waals surface area contributed by atoms with Crippen molar-refractivity contribution in [3.05, 3.63) is 65.5 Å². The van der Waals surface area contributed by atoms with E-state index in [1.54, 1.807) is 42.1 Å². The number of ketones is 1. The van der Waals surface area contributed by atoms with Crippen molar-refractivity contribution in [3.63, 3.8) is 0 Å². The highest BCUT2D eigenvalue weighted by atomic mass is 32.2. The van der Waals surface area contributed by atoms with Gasteiger partial charge in [-0.05, 0) is 24.5 Å². The lowest BCUT2D eigenvalue weighted by Crippen LogP contribution is -2.09. The number of halogens is 1. The molecule has 0 amide bonds. The van der Waals surface area contributed by atoms with Crippen molar-refractivity contribution in [1.82, 2.24) is 0 Å². The van der Waals surface area contributed by atoms with Crippen LogP contribution in [-0.4, -0.2) is 18.6 Å². The molecule has 0 heterocycles. The molecule has 0 bridgehead atoms. The average molecular weight is 290 g/mol. The van der Waals surface area contributed by atoms with Gasteiger partial charge < -0.3 is 4.74 Å². The molecule has 0 saturated heterocycles. The normalized spacial score (nSPS) is 10.5. The van der Waals surface area contributed by atoms with E-state index in [-0.39, 0.29) is 24.8 Å². The summed E-state index contributed by atoms with van der Waals surface area (Å²) in [4.78, 5) is 13.0. The van der Waals surface area contributed by atoms with Gasteiger partial charge in [0.25, 0.3) is 0 Å². The van der Waals surface area contributed by atoms with Gasteiger partial charge in [0.05, 0.1) is 6.61 Å². The van der Waals surface area contributed by atoms with E-state index < -0.39 is 0 Å². The number of thioether (sulfide) groups is 1. The van der Waals surface area contributed by atoms with Crippen LogP contribution in [0.3, 0.4) is 0 Å². The predicted octanol–water partition coefficient (Wildman–Crippen LogP) is 3.95. The highest BCUT2D eigenvalue weighted by molar-refractivity contribution is 7.98. The molecule has 0 aliphatic heterocycles. The molecule has 104 valence electrons. The lowest BCUT2D eigenvalue weighted by molar-refractivity contribution is 0.0721. The fourth-order valence-electron chi connectivity index (χ4n) is 1.73. The summed E-state index contributed by atoms with van der Waals surface area (Å²) in [5.41, 5.74) is 1.06. The van der Waals surface area contributed by atoms with Crippen LogP contribution in [-0.2, 0) is 11.3 Å². The summed E-state index contributed by atoms with van der Waals surface area (Å²) in [6.45, 7) is 0.0499. The van der Waals surface area contributed by atoms with Crippen molar-refractivity contribution in [2.75, 3.05) is 12.9 Å². The molecule has 2 nitrogen and oxygen atoms in total. The molecule has 20 heavy (non-hydrogen) atoms. The van der Waals surface area contributed by atoms with E-state index in [4.69, 9.17) is 4.74 Å². The third-order valence-corrected chi connectivity index (χ3v) is 3.60. The highest BCUT2D eigenvalue weighted by Crippen LogP contribution is 2.15. The minimum Gasteiger partial charge on any atom is -0.369 e. The fourth-order valence-corrected chi connectivity index (χ4v) is 2.14. The second-order valence-corrected chi connectivity index (χ2v) is 5.12. The van der Waals surface area contributed by atoms with Crippen LogP contribution in [0.1, 0.15) is 15.9 Å². The summed E-state index contributed by atoms with van der Waals surface area (Å²) in [6.07, 6.45) is 1.98. The van der Waals surface area contributed by atoms with E-state index in [0.717, 1.165) is 4.90 Å². The van der Waals surface area contributed by atoms with E-state index >= 15 is 0 Å². The molecule has 0 N–H and O–H groups in total. The Morgan fingerprint density at radius 3 is 2.50 bits per heavy atom. The Bertz CT molecular complexity index is 581. The molecule has 4 heteroatoms. The minimum absolute atomic E-state index is 0.0487. The summed E-state index contributed by atoms with van der Waals surface area (Å²) >= 11 is 1.62. The molecule has 0 radical (unpaired) electrons. The second kappa shape index (κ2) is 7.22. The number of ether oxygens (including phenoxy) is 1. The Hall–Kier alpha value is -1.65. The molecule has 0 atom stereocenters. The minimum atomic E-state index is -0.315. The summed E-state index contributed by atoms with van der Waals surface area (Å²) in [7, 11) is 0. The van der Waals surface area contributed by atoms with Crippen LogP contribution in [0, 0.1) is 5.82 Å². The Labute approximate surface area is 122 Å². The molecule has 0 aliphatic carbocycles. The first-order valence-corrected chi connectivity index (χ1v) is 7.41. The first kappa shape index (κ1) is 14.8. The van der Waals surface area contributed by atoms with Crippen LogP contribution in [0.4, 0.5) is 4.39 Å². The van der Waals surface area contributed by atoms with Gasteiger partial charge in [-0.3, -0.25) is 4.79 Å². The highest BCUT2D eigenvalue weighted by Gasteiger charge is 2.07. The number of benzene rings is 2. The Kier molecular flexibility index (Phi) is 5.32. The zero-order valence-corrected chi connectivity index (χ0v) is 12.0. The van der Waals surface area contributed by atoms with Gasteiger partial charge in [-0.1, -0.05) is 30.3 Å². The maximum absolute atomic E-state index is 13.4.